The number of amides is 4. The number of hydrogen-bond acceptors (Lipinski definition) is 5. The molecule has 0 spiro atoms. The minimum absolute atomic E-state index is 0.122. The highest BCUT2D eigenvalue weighted by Gasteiger charge is 2.59. The van der Waals surface area contributed by atoms with Crippen molar-refractivity contribution in [3.63, 3.8) is 0 Å². The fraction of sp³-hybridized carbons (Fsp3) is 0.688. The van der Waals surface area contributed by atoms with Gasteiger partial charge in [-0.05, 0) is 12.3 Å². The second-order valence-electron chi connectivity index (χ2n) is 6.64. The Kier molecular flexibility index (Phi) is 4.01. The molecule has 7 nitrogen and oxygen atoms in total. The van der Waals surface area contributed by atoms with E-state index in [4.69, 9.17) is 9.47 Å². The monoisotopic (exact) mass is 322 g/mol. The summed E-state index contributed by atoms with van der Waals surface area (Å²) in [5, 5.41) is 0. The molecular weight excluding hydrogens is 300 g/mol. The first-order valence-electron chi connectivity index (χ1n) is 7.93. The lowest BCUT2D eigenvalue weighted by Crippen LogP contribution is -2.67. The second kappa shape index (κ2) is 5.72. The highest BCUT2D eigenvalue weighted by Crippen LogP contribution is 2.41. The minimum atomic E-state index is -1.28. The van der Waals surface area contributed by atoms with Gasteiger partial charge in [-0.1, -0.05) is 19.9 Å². The standard InChI is InChI=1S/C16H22N2O5/c1-4-5-16(10(2)3)13(19)17(6-11-8-22-11)15(21)18(14(16)20)7-12-9-23-12/h4,10-12H,1,5-9H2,2-3H3. The van der Waals surface area contributed by atoms with Crippen LogP contribution in [-0.4, -0.2) is 66.2 Å². The number of imide groups is 2. The van der Waals surface area contributed by atoms with E-state index in [1.807, 2.05) is 13.8 Å². The lowest BCUT2D eigenvalue weighted by Gasteiger charge is -2.45. The maximum absolute atomic E-state index is 13.0. The van der Waals surface area contributed by atoms with Gasteiger partial charge in [0.25, 0.3) is 0 Å². The maximum Gasteiger partial charge on any atom is 0.333 e. The van der Waals surface area contributed by atoms with Crippen LogP contribution in [0.2, 0.25) is 0 Å². The molecule has 3 saturated heterocycles. The van der Waals surface area contributed by atoms with Crippen molar-refractivity contribution in [1.82, 2.24) is 9.80 Å². The van der Waals surface area contributed by atoms with Crippen molar-refractivity contribution in [2.45, 2.75) is 32.5 Å². The van der Waals surface area contributed by atoms with Gasteiger partial charge in [-0.3, -0.25) is 19.4 Å². The SMILES string of the molecule is C=CCC1(C(C)C)C(=O)N(CC2CO2)C(=O)N(CC2CO2)C1=O. The van der Waals surface area contributed by atoms with Crippen molar-refractivity contribution < 1.29 is 23.9 Å². The number of barbiturate groups is 1. The van der Waals surface area contributed by atoms with Gasteiger partial charge in [0.2, 0.25) is 11.8 Å². The highest BCUT2D eigenvalue weighted by molar-refractivity contribution is 6.19. The summed E-state index contributed by atoms with van der Waals surface area (Å²) in [6.45, 7) is 8.80. The van der Waals surface area contributed by atoms with Crippen molar-refractivity contribution >= 4 is 17.8 Å². The zero-order valence-electron chi connectivity index (χ0n) is 13.5. The third-order valence-electron chi connectivity index (χ3n) is 4.74. The van der Waals surface area contributed by atoms with Crippen LogP contribution in [0.25, 0.3) is 0 Å². The molecule has 2 atom stereocenters. The molecule has 2 unspecified atom stereocenters. The van der Waals surface area contributed by atoms with E-state index in [0.717, 1.165) is 0 Å². The van der Waals surface area contributed by atoms with E-state index in [0.29, 0.717) is 13.2 Å². The van der Waals surface area contributed by atoms with Crippen LogP contribution < -0.4 is 0 Å². The van der Waals surface area contributed by atoms with Gasteiger partial charge in [0.05, 0.1) is 38.5 Å². The molecule has 0 radical (unpaired) electrons. The van der Waals surface area contributed by atoms with Crippen molar-refractivity contribution in [3.8, 4) is 0 Å². The molecule has 3 rings (SSSR count). The van der Waals surface area contributed by atoms with Crippen LogP contribution in [-0.2, 0) is 19.1 Å². The molecule has 3 aliphatic rings. The summed E-state index contributed by atoms with van der Waals surface area (Å²) >= 11 is 0. The van der Waals surface area contributed by atoms with Gasteiger partial charge < -0.3 is 9.47 Å². The van der Waals surface area contributed by atoms with Gasteiger partial charge in [-0.2, -0.15) is 0 Å². The van der Waals surface area contributed by atoms with Crippen molar-refractivity contribution in [3.05, 3.63) is 12.7 Å². The fourth-order valence-corrected chi connectivity index (χ4v) is 3.10. The first-order valence-corrected chi connectivity index (χ1v) is 7.93. The molecule has 0 N–H and O–H groups in total. The average Bonchev–Trinajstić information content (AvgIpc) is 3.39. The number of rotatable bonds is 7. The molecular formula is C16H22N2O5. The highest BCUT2D eigenvalue weighted by atomic mass is 16.6. The minimum Gasteiger partial charge on any atom is -0.371 e. The number of carbonyl (C=O) groups is 3. The summed E-state index contributed by atoms with van der Waals surface area (Å²) in [5.41, 5.74) is -1.28. The molecule has 0 aromatic carbocycles. The van der Waals surface area contributed by atoms with Crippen LogP contribution in [0.4, 0.5) is 4.79 Å². The van der Waals surface area contributed by atoms with Gasteiger partial charge in [0.1, 0.15) is 5.41 Å². The molecule has 23 heavy (non-hydrogen) atoms. The Morgan fingerprint density at radius 3 is 1.87 bits per heavy atom. The molecule has 4 amide bonds. The Hall–Kier alpha value is -1.73. The summed E-state index contributed by atoms with van der Waals surface area (Å²) in [6.07, 6.45) is 1.54. The Labute approximate surface area is 135 Å². The maximum atomic E-state index is 13.0. The number of ether oxygens (including phenoxy) is 2. The number of carbonyl (C=O) groups excluding carboxylic acids is 3. The van der Waals surface area contributed by atoms with Crippen LogP contribution in [0.15, 0.2) is 12.7 Å². The smallest absolute Gasteiger partial charge is 0.333 e. The Morgan fingerprint density at radius 1 is 1.13 bits per heavy atom. The largest absolute Gasteiger partial charge is 0.371 e. The molecule has 3 fully saturated rings. The van der Waals surface area contributed by atoms with Crippen LogP contribution in [0.5, 0.6) is 0 Å². The normalized spacial score (nSPS) is 33.4. The topological polar surface area (TPSA) is 82.8 Å². The number of allylic oxidation sites excluding steroid dienone is 1. The molecule has 0 bridgehead atoms. The predicted molar refractivity (Wildman–Crippen MR) is 80.4 cm³/mol. The number of epoxide rings is 2. The van der Waals surface area contributed by atoms with Crippen LogP contribution in [0.1, 0.15) is 20.3 Å². The van der Waals surface area contributed by atoms with E-state index >= 15 is 0 Å². The zero-order valence-corrected chi connectivity index (χ0v) is 13.5. The summed E-state index contributed by atoms with van der Waals surface area (Å²) in [5.74, 6) is -1.13. The van der Waals surface area contributed by atoms with Crippen LogP contribution in [0.3, 0.4) is 0 Å². The van der Waals surface area contributed by atoms with E-state index in [-0.39, 0.29) is 37.6 Å². The second-order valence-corrected chi connectivity index (χ2v) is 6.64. The zero-order chi connectivity index (χ0) is 16.8. The van der Waals surface area contributed by atoms with E-state index in [2.05, 4.69) is 6.58 Å². The molecule has 0 saturated carbocycles. The quantitative estimate of drug-likeness (QED) is 0.393. The Bertz CT molecular complexity index is 515. The summed E-state index contributed by atoms with van der Waals surface area (Å²) in [7, 11) is 0. The van der Waals surface area contributed by atoms with Crippen LogP contribution in [0, 0.1) is 11.3 Å². The molecule has 3 heterocycles. The van der Waals surface area contributed by atoms with Gasteiger partial charge in [0.15, 0.2) is 0 Å². The summed E-state index contributed by atoms with van der Waals surface area (Å²) < 4.78 is 10.3. The van der Waals surface area contributed by atoms with Crippen molar-refractivity contribution in [2.75, 3.05) is 26.3 Å². The number of nitrogens with zero attached hydrogens (tertiary/aromatic N) is 2. The first kappa shape index (κ1) is 16.1. The fourth-order valence-electron chi connectivity index (χ4n) is 3.10. The Balaban J connectivity index is 1.97. The Morgan fingerprint density at radius 2 is 1.57 bits per heavy atom. The average molecular weight is 322 g/mol. The van der Waals surface area contributed by atoms with Gasteiger partial charge in [-0.25, -0.2) is 4.79 Å². The summed E-state index contributed by atoms with van der Waals surface area (Å²) in [4.78, 5) is 41.1. The lowest BCUT2D eigenvalue weighted by molar-refractivity contribution is -0.162. The molecule has 126 valence electrons. The summed E-state index contributed by atoms with van der Waals surface area (Å²) in [6, 6.07) is -0.564. The van der Waals surface area contributed by atoms with Crippen molar-refractivity contribution in [1.29, 1.82) is 0 Å². The lowest BCUT2D eigenvalue weighted by atomic mass is 9.71. The van der Waals surface area contributed by atoms with Gasteiger partial charge >= 0.3 is 6.03 Å². The number of hydrogen-bond donors (Lipinski definition) is 0. The van der Waals surface area contributed by atoms with Gasteiger partial charge in [0, 0.05) is 0 Å². The molecule has 0 aromatic heterocycles. The van der Waals surface area contributed by atoms with E-state index in [1.54, 1.807) is 6.08 Å². The van der Waals surface area contributed by atoms with Gasteiger partial charge in [-0.15, -0.1) is 6.58 Å². The van der Waals surface area contributed by atoms with E-state index in [9.17, 15) is 14.4 Å². The van der Waals surface area contributed by atoms with Crippen LogP contribution >= 0.6 is 0 Å². The molecule has 0 aromatic rings. The first-order chi connectivity index (χ1) is 10.9. The molecule has 0 aliphatic carbocycles. The molecule has 7 heteroatoms. The third kappa shape index (κ3) is 2.68. The predicted octanol–water partition coefficient (Wildman–Crippen LogP) is 0.793. The third-order valence-corrected chi connectivity index (χ3v) is 4.74. The van der Waals surface area contributed by atoms with Crippen molar-refractivity contribution in [2.24, 2.45) is 11.3 Å². The number of urea groups is 1. The molecule has 3 aliphatic heterocycles. The van der Waals surface area contributed by atoms with E-state index < -0.39 is 23.3 Å². The van der Waals surface area contributed by atoms with E-state index in [1.165, 1.54) is 9.80 Å².